The molecule has 1 N–H and O–H groups in total. The van der Waals surface area contributed by atoms with E-state index >= 15 is 0 Å². The van der Waals surface area contributed by atoms with E-state index in [1.165, 1.54) is 16.9 Å². The minimum Gasteiger partial charge on any atom is -0.378 e. The SMILES string of the molecule is O=c1c2cnc3cc(F)c(N4CCOCC4)cc3c2[nH]n1-c1ccccc1. The van der Waals surface area contributed by atoms with Crippen LogP contribution >= 0.6 is 0 Å². The molecule has 27 heavy (non-hydrogen) atoms. The van der Waals surface area contributed by atoms with Crippen LogP contribution in [0.25, 0.3) is 27.5 Å². The summed E-state index contributed by atoms with van der Waals surface area (Å²) < 4.78 is 21.5. The average Bonchev–Trinajstić information content (AvgIpc) is 3.06. The number of anilines is 1. The second-order valence-electron chi connectivity index (χ2n) is 6.55. The molecule has 0 amide bonds. The topological polar surface area (TPSA) is 63.2 Å². The van der Waals surface area contributed by atoms with Crippen molar-refractivity contribution in [1.29, 1.82) is 0 Å². The number of ether oxygens (including phenoxy) is 1. The number of nitrogens with one attached hydrogen (secondary N) is 1. The highest BCUT2D eigenvalue weighted by molar-refractivity contribution is 6.04. The number of hydrogen-bond donors (Lipinski definition) is 1. The Bertz CT molecular complexity index is 1190. The summed E-state index contributed by atoms with van der Waals surface area (Å²) >= 11 is 0. The van der Waals surface area contributed by atoms with Crippen molar-refractivity contribution in [3.05, 3.63) is 64.8 Å². The summed E-state index contributed by atoms with van der Waals surface area (Å²) in [6.07, 6.45) is 1.50. The van der Waals surface area contributed by atoms with Crippen LogP contribution in [-0.4, -0.2) is 41.1 Å². The third-order valence-corrected chi connectivity index (χ3v) is 4.96. The van der Waals surface area contributed by atoms with E-state index in [9.17, 15) is 9.18 Å². The minimum absolute atomic E-state index is 0.178. The standard InChI is InChI=1S/C20H17FN4O2/c21-16-11-17-14(10-18(16)24-6-8-27-9-7-24)19-15(12-22-17)20(26)25(23-19)13-4-2-1-3-5-13/h1-5,10-12,23H,6-9H2. The van der Waals surface area contributed by atoms with Gasteiger partial charge >= 0.3 is 0 Å². The molecule has 4 aromatic rings. The highest BCUT2D eigenvalue weighted by Crippen LogP contribution is 2.29. The second kappa shape index (κ2) is 6.21. The Kier molecular flexibility index (Phi) is 3.68. The fraction of sp³-hybridized carbons (Fsp3) is 0.200. The van der Waals surface area contributed by atoms with Crippen molar-refractivity contribution in [3.63, 3.8) is 0 Å². The summed E-state index contributed by atoms with van der Waals surface area (Å²) in [6.45, 7) is 2.41. The van der Waals surface area contributed by atoms with E-state index in [0.717, 1.165) is 11.1 Å². The molecule has 5 rings (SSSR count). The summed E-state index contributed by atoms with van der Waals surface area (Å²) in [7, 11) is 0. The predicted octanol–water partition coefficient (Wildman–Crippen LogP) is 2.84. The van der Waals surface area contributed by atoms with Gasteiger partial charge < -0.3 is 9.64 Å². The van der Waals surface area contributed by atoms with Crippen molar-refractivity contribution in [1.82, 2.24) is 14.8 Å². The quantitative estimate of drug-likeness (QED) is 0.594. The highest BCUT2D eigenvalue weighted by atomic mass is 19.1. The van der Waals surface area contributed by atoms with Gasteiger partial charge in [-0.3, -0.25) is 14.9 Å². The first kappa shape index (κ1) is 16.0. The number of pyridine rings is 1. The first-order valence-electron chi connectivity index (χ1n) is 8.83. The van der Waals surface area contributed by atoms with Gasteiger partial charge in [-0.2, -0.15) is 0 Å². The van der Waals surface area contributed by atoms with Gasteiger partial charge in [0.2, 0.25) is 0 Å². The van der Waals surface area contributed by atoms with E-state index < -0.39 is 0 Å². The zero-order chi connectivity index (χ0) is 18.4. The molecule has 2 aromatic heterocycles. The molecule has 1 fully saturated rings. The van der Waals surface area contributed by atoms with Crippen molar-refractivity contribution >= 4 is 27.5 Å². The number of benzene rings is 2. The van der Waals surface area contributed by atoms with Gasteiger partial charge in [-0.15, -0.1) is 0 Å². The lowest BCUT2D eigenvalue weighted by Gasteiger charge is -2.29. The number of aromatic nitrogens is 3. The van der Waals surface area contributed by atoms with E-state index in [4.69, 9.17) is 4.74 Å². The molecule has 3 heterocycles. The van der Waals surface area contributed by atoms with Crippen LogP contribution in [0.3, 0.4) is 0 Å². The van der Waals surface area contributed by atoms with Crippen molar-refractivity contribution in [2.24, 2.45) is 0 Å². The number of H-pyrrole nitrogens is 1. The molecule has 0 spiro atoms. The van der Waals surface area contributed by atoms with Crippen molar-refractivity contribution < 1.29 is 9.13 Å². The van der Waals surface area contributed by atoms with Gasteiger partial charge in [0.05, 0.1) is 41.0 Å². The molecule has 7 heteroatoms. The van der Waals surface area contributed by atoms with Crippen LogP contribution in [0.2, 0.25) is 0 Å². The summed E-state index contributed by atoms with van der Waals surface area (Å²) in [5.41, 5.74) is 2.24. The summed E-state index contributed by atoms with van der Waals surface area (Å²) in [6, 6.07) is 12.5. The Morgan fingerprint density at radius 1 is 1.07 bits per heavy atom. The lowest BCUT2D eigenvalue weighted by atomic mass is 10.1. The van der Waals surface area contributed by atoms with Gasteiger partial charge in [-0.1, -0.05) is 18.2 Å². The summed E-state index contributed by atoms with van der Waals surface area (Å²) in [4.78, 5) is 19.1. The van der Waals surface area contributed by atoms with Gasteiger partial charge in [0.1, 0.15) is 5.82 Å². The molecule has 136 valence electrons. The maximum Gasteiger partial charge on any atom is 0.280 e. The molecule has 0 radical (unpaired) electrons. The molecule has 0 atom stereocenters. The number of aromatic amines is 1. The van der Waals surface area contributed by atoms with Crippen molar-refractivity contribution in [2.75, 3.05) is 31.2 Å². The molecule has 0 unspecified atom stereocenters. The fourth-order valence-electron chi connectivity index (χ4n) is 3.57. The van der Waals surface area contributed by atoms with Crippen LogP contribution < -0.4 is 10.5 Å². The summed E-state index contributed by atoms with van der Waals surface area (Å²) in [5.74, 6) is -0.318. The largest absolute Gasteiger partial charge is 0.378 e. The number of halogens is 1. The molecule has 1 aliphatic rings. The molecule has 2 aromatic carbocycles. The van der Waals surface area contributed by atoms with Crippen LogP contribution in [0.1, 0.15) is 0 Å². The second-order valence-corrected chi connectivity index (χ2v) is 6.55. The molecule has 1 aliphatic heterocycles. The Morgan fingerprint density at radius 3 is 2.63 bits per heavy atom. The normalized spacial score (nSPS) is 14.9. The Hall–Kier alpha value is -3.19. The number of fused-ring (bicyclic) bond motifs is 3. The van der Waals surface area contributed by atoms with Gasteiger partial charge in [0.25, 0.3) is 5.56 Å². The smallest absolute Gasteiger partial charge is 0.280 e. The van der Waals surface area contributed by atoms with Crippen LogP contribution in [-0.2, 0) is 4.74 Å². The molecular weight excluding hydrogens is 347 g/mol. The van der Waals surface area contributed by atoms with Crippen molar-refractivity contribution in [3.8, 4) is 5.69 Å². The zero-order valence-corrected chi connectivity index (χ0v) is 14.5. The molecule has 0 saturated carbocycles. The monoisotopic (exact) mass is 364 g/mol. The Balaban J connectivity index is 1.75. The maximum atomic E-state index is 14.7. The molecule has 1 saturated heterocycles. The maximum absolute atomic E-state index is 14.7. The third-order valence-electron chi connectivity index (χ3n) is 4.96. The van der Waals surface area contributed by atoms with Gasteiger partial charge in [0, 0.05) is 30.7 Å². The predicted molar refractivity (Wildman–Crippen MR) is 102 cm³/mol. The van der Waals surface area contributed by atoms with Crippen LogP contribution in [0.4, 0.5) is 10.1 Å². The zero-order valence-electron chi connectivity index (χ0n) is 14.5. The molecule has 0 bridgehead atoms. The number of rotatable bonds is 2. The van der Waals surface area contributed by atoms with Crippen LogP contribution in [0.15, 0.2) is 53.5 Å². The van der Waals surface area contributed by atoms with E-state index in [1.54, 1.807) is 6.07 Å². The van der Waals surface area contributed by atoms with Crippen molar-refractivity contribution in [2.45, 2.75) is 0 Å². The van der Waals surface area contributed by atoms with Gasteiger partial charge in [0.15, 0.2) is 0 Å². The molecule has 0 aliphatic carbocycles. The lowest BCUT2D eigenvalue weighted by molar-refractivity contribution is 0.122. The molecule has 6 nitrogen and oxygen atoms in total. The minimum atomic E-state index is -0.318. The number of morpholine rings is 1. The van der Waals surface area contributed by atoms with Gasteiger partial charge in [-0.25, -0.2) is 9.07 Å². The van der Waals surface area contributed by atoms with E-state index in [1.807, 2.05) is 35.2 Å². The van der Waals surface area contributed by atoms with Crippen LogP contribution in [0, 0.1) is 5.82 Å². The van der Waals surface area contributed by atoms with Gasteiger partial charge in [-0.05, 0) is 18.2 Å². The number of nitrogens with zero attached hydrogens (tertiary/aromatic N) is 3. The first-order chi connectivity index (χ1) is 13.2. The Labute approximate surface area is 153 Å². The Morgan fingerprint density at radius 2 is 1.85 bits per heavy atom. The first-order valence-corrected chi connectivity index (χ1v) is 8.83. The van der Waals surface area contributed by atoms with E-state index in [2.05, 4.69) is 10.1 Å². The summed E-state index contributed by atoms with van der Waals surface area (Å²) in [5, 5.41) is 4.37. The van der Waals surface area contributed by atoms with E-state index in [0.29, 0.717) is 48.4 Å². The lowest BCUT2D eigenvalue weighted by Crippen LogP contribution is -2.36. The third kappa shape index (κ3) is 2.59. The number of para-hydroxylation sites is 1. The fourth-order valence-corrected chi connectivity index (χ4v) is 3.57. The molecular formula is C20H17FN4O2. The van der Waals surface area contributed by atoms with E-state index in [-0.39, 0.29) is 11.4 Å². The average molecular weight is 364 g/mol. The highest BCUT2D eigenvalue weighted by Gasteiger charge is 2.19. The van der Waals surface area contributed by atoms with Crippen LogP contribution in [0.5, 0.6) is 0 Å². The number of hydrogen-bond acceptors (Lipinski definition) is 4.